The van der Waals surface area contributed by atoms with Crippen molar-refractivity contribution in [3.63, 3.8) is 0 Å². The molecule has 3 nitrogen and oxygen atoms in total. The van der Waals surface area contributed by atoms with Crippen LogP contribution in [-0.2, 0) is 9.47 Å². The molecule has 2 atom stereocenters. The van der Waals surface area contributed by atoms with Crippen LogP contribution in [0.15, 0.2) is 11.6 Å². The van der Waals surface area contributed by atoms with Crippen LogP contribution in [0, 0.1) is 11.3 Å². The number of rotatable bonds is 3. The van der Waals surface area contributed by atoms with Gasteiger partial charge in [-0.15, -0.1) is 0 Å². The maximum atomic E-state index is 11.1. The molecule has 0 aliphatic heterocycles. The fourth-order valence-electron chi connectivity index (χ4n) is 1.77. The van der Waals surface area contributed by atoms with E-state index in [1.165, 1.54) is 5.57 Å². The average molecular weight is 212 g/mol. The van der Waals surface area contributed by atoms with Crippen molar-refractivity contribution in [3.8, 4) is 0 Å². The molecule has 0 saturated heterocycles. The molecule has 1 aliphatic carbocycles. The summed E-state index contributed by atoms with van der Waals surface area (Å²) in [5, 5.41) is 0. The van der Waals surface area contributed by atoms with E-state index in [1.807, 2.05) is 0 Å². The average Bonchev–Trinajstić information content (AvgIpc) is 2.55. The molecule has 0 aromatic heterocycles. The van der Waals surface area contributed by atoms with Crippen LogP contribution < -0.4 is 0 Å². The first-order valence-corrected chi connectivity index (χ1v) is 5.38. The second kappa shape index (κ2) is 4.25. The topological polar surface area (TPSA) is 35.5 Å². The van der Waals surface area contributed by atoms with E-state index in [0.29, 0.717) is 12.5 Å². The SMILES string of the molecule is CCOC(=O)O[C@@H]1C(C=C(C)C)C1(C)C. The first-order chi connectivity index (χ1) is 6.89. The normalized spacial score (nSPS) is 26.7. The molecule has 0 amide bonds. The van der Waals surface area contributed by atoms with E-state index >= 15 is 0 Å². The molecule has 1 saturated carbocycles. The molecule has 0 bridgehead atoms. The molecule has 0 heterocycles. The molecule has 0 radical (unpaired) electrons. The number of ether oxygens (including phenoxy) is 2. The molecule has 1 aliphatic rings. The van der Waals surface area contributed by atoms with Crippen molar-refractivity contribution < 1.29 is 14.3 Å². The minimum absolute atomic E-state index is 0.0357. The van der Waals surface area contributed by atoms with Gasteiger partial charge in [-0.3, -0.25) is 0 Å². The summed E-state index contributed by atoms with van der Waals surface area (Å²) in [7, 11) is 0. The van der Waals surface area contributed by atoms with Crippen LogP contribution >= 0.6 is 0 Å². The van der Waals surface area contributed by atoms with Gasteiger partial charge < -0.3 is 9.47 Å². The Morgan fingerprint density at radius 2 is 2.00 bits per heavy atom. The molecule has 3 heteroatoms. The lowest BCUT2D eigenvalue weighted by Gasteiger charge is -2.04. The molecule has 15 heavy (non-hydrogen) atoms. The molecule has 0 N–H and O–H groups in total. The van der Waals surface area contributed by atoms with Crippen LogP contribution in [0.1, 0.15) is 34.6 Å². The summed E-state index contributed by atoms with van der Waals surface area (Å²) in [6, 6.07) is 0. The van der Waals surface area contributed by atoms with Crippen LogP contribution in [0.5, 0.6) is 0 Å². The van der Waals surface area contributed by atoms with E-state index in [4.69, 9.17) is 9.47 Å². The lowest BCUT2D eigenvalue weighted by Crippen LogP contribution is -2.11. The summed E-state index contributed by atoms with van der Waals surface area (Å²) in [4.78, 5) is 11.1. The highest BCUT2D eigenvalue weighted by atomic mass is 16.7. The Morgan fingerprint density at radius 1 is 1.40 bits per heavy atom. The fourth-order valence-corrected chi connectivity index (χ4v) is 1.77. The first-order valence-electron chi connectivity index (χ1n) is 5.38. The number of allylic oxidation sites excluding steroid dienone is 1. The molecule has 1 unspecified atom stereocenters. The van der Waals surface area contributed by atoms with Crippen molar-refractivity contribution in [1.29, 1.82) is 0 Å². The Labute approximate surface area is 91.4 Å². The highest BCUT2D eigenvalue weighted by Gasteiger charge is 2.59. The largest absolute Gasteiger partial charge is 0.508 e. The predicted molar refractivity (Wildman–Crippen MR) is 58.6 cm³/mol. The van der Waals surface area contributed by atoms with Gasteiger partial charge in [-0.25, -0.2) is 4.79 Å². The van der Waals surface area contributed by atoms with Gasteiger partial charge in [0.05, 0.1) is 6.61 Å². The molecule has 0 aromatic rings. The van der Waals surface area contributed by atoms with Crippen molar-refractivity contribution >= 4 is 6.16 Å². The van der Waals surface area contributed by atoms with Crippen LogP contribution in [0.2, 0.25) is 0 Å². The molecule has 86 valence electrons. The van der Waals surface area contributed by atoms with Crippen molar-refractivity contribution in [3.05, 3.63) is 11.6 Å². The van der Waals surface area contributed by atoms with Crippen LogP contribution in [0.25, 0.3) is 0 Å². The first kappa shape index (κ1) is 12.1. The van der Waals surface area contributed by atoms with E-state index in [-0.39, 0.29) is 11.5 Å². The minimum atomic E-state index is -0.555. The Morgan fingerprint density at radius 3 is 2.47 bits per heavy atom. The van der Waals surface area contributed by atoms with Crippen LogP contribution in [-0.4, -0.2) is 18.9 Å². The van der Waals surface area contributed by atoms with Crippen LogP contribution in [0.4, 0.5) is 4.79 Å². The van der Waals surface area contributed by atoms with Gasteiger partial charge in [-0.1, -0.05) is 25.5 Å². The lowest BCUT2D eigenvalue weighted by atomic mass is 10.1. The fraction of sp³-hybridized carbons (Fsp3) is 0.750. The number of carbonyl (C=O) groups excluding carboxylic acids is 1. The smallest absolute Gasteiger partial charge is 0.435 e. The van der Waals surface area contributed by atoms with Crippen molar-refractivity contribution in [1.82, 2.24) is 0 Å². The zero-order valence-electron chi connectivity index (χ0n) is 10.2. The number of hydrogen-bond donors (Lipinski definition) is 0. The van der Waals surface area contributed by atoms with E-state index in [1.54, 1.807) is 6.92 Å². The number of carbonyl (C=O) groups is 1. The molecular weight excluding hydrogens is 192 g/mol. The predicted octanol–water partition coefficient (Wildman–Crippen LogP) is 3.15. The minimum Gasteiger partial charge on any atom is -0.435 e. The third-order valence-electron chi connectivity index (χ3n) is 2.81. The molecule has 1 fully saturated rings. The van der Waals surface area contributed by atoms with Gasteiger partial charge in [0.25, 0.3) is 0 Å². The molecule has 0 aromatic carbocycles. The summed E-state index contributed by atoms with van der Waals surface area (Å²) in [5.41, 5.74) is 1.30. The maximum Gasteiger partial charge on any atom is 0.508 e. The van der Waals surface area contributed by atoms with E-state index in [2.05, 4.69) is 33.8 Å². The van der Waals surface area contributed by atoms with Gasteiger partial charge in [0, 0.05) is 11.3 Å². The second-order valence-corrected chi connectivity index (χ2v) is 4.81. The maximum absolute atomic E-state index is 11.1. The third kappa shape index (κ3) is 2.74. The molecule has 1 rings (SSSR count). The highest BCUT2D eigenvalue weighted by molar-refractivity contribution is 5.60. The Kier molecular flexibility index (Phi) is 3.42. The summed E-state index contributed by atoms with van der Waals surface area (Å²) in [5.74, 6) is 0.326. The van der Waals surface area contributed by atoms with E-state index in [9.17, 15) is 4.79 Å². The zero-order valence-corrected chi connectivity index (χ0v) is 10.2. The van der Waals surface area contributed by atoms with Crippen molar-refractivity contribution in [2.24, 2.45) is 11.3 Å². The Bertz CT molecular complexity index is 275. The van der Waals surface area contributed by atoms with E-state index < -0.39 is 6.16 Å². The summed E-state index contributed by atoms with van der Waals surface area (Å²) < 4.78 is 9.98. The van der Waals surface area contributed by atoms with Gasteiger partial charge >= 0.3 is 6.16 Å². The monoisotopic (exact) mass is 212 g/mol. The summed E-state index contributed by atoms with van der Waals surface area (Å²) in [6.45, 7) is 10.4. The van der Waals surface area contributed by atoms with Gasteiger partial charge in [-0.2, -0.15) is 0 Å². The Balaban J connectivity index is 2.52. The summed E-state index contributed by atoms with van der Waals surface area (Å²) in [6.07, 6.45) is 1.57. The van der Waals surface area contributed by atoms with Gasteiger partial charge in [0.15, 0.2) is 0 Å². The molecular formula is C12H20O3. The zero-order chi connectivity index (χ0) is 11.6. The van der Waals surface area contributed by atoms with Gasteiger partial charge in [0.2, 0.25) is 0 Å². The summed E-state index contributed by atoms with van der Waals surface area (Å²) >= 11 is 0. The van der Waals surface area contributed by atoms with Crippen molar-refractivity contribution in [2.75, 3.05) is 6.61 Å². The van der Waals surface area contributed by atoms with Gasteiger partial charge in [-0.05, 0) is 20.8 Å². The van der Waals surface area contributed by atoms with Crippen molar-refractivity contribution in [2.45, 2.75) is 40.7 Å². The standard InChI is InChI=1S/C12H20O3/c1-6-14-11(13)15-10-9(7-8(2)3)12(10,4)5/h7,9-10H,6H2,1-5H3/t9?,10-/m1/s1. The third-order valence-corrected chi connectivity index (χ3v) is 2.81. The van der Waals surface area contributed by atoms with Crippen LogP contribution in [0.3, 0.4) is 0 Å². The second-order valence-electron chi connectivity index (χ2n) is 4.81. The molecule has 0 spiro atoms. The highest BCUT2D eigenvalue weighted by Crippen LogP contribution is 2.55. The van der Waals surface area contributed by atoms with E-state index in [0.717, 1.165) is 0 Å². The lowest BCUT2D eigenvalue weighted by molar-refractivity contribution is 0.0439. The number of hydrogen-bond acceptors (Lipinski definition) is 3. The quantitative estimate of drug-likeness (QED) is 0.532. The van der Waals surface area contributed by atoms with Gasteiger partial charge in [0.1, 0.15) is 6.10 Å². The Hall–Kier alpha value is -0.990.